The standard InChI is InChI=1S/C10H16N4S/c1-3-4-7-14(2)10-12-6-5-8(13-10)9(11)15/h5-6H,3-4,7H2,1-2H3,(H2,11,15). The molecule has 0 bridgehead atoms. The Hall–Kier alpha value is -1.23. The smallest absolute Gasteiger partial charge is 0.225 e. The molecule has 0 atom stereocenters. The van der Waals surface area contributed by atoms with Crippen molar-refractivity contribution in [2.45, 2.75) is 19.8 Å². The minimum atomic E-state index is 0.308. The first-order chi connectivity index (χ1) is 7.15. The van der Waals surface area contributed by atoms with Crippen LogP contribution in [0.25, 0.3) is 0 Å². The summed E-state index contributed by atoms with van der Waals surface area (Å²) >= 11 is 4.86. The number of aromatic nitrogens is 2. The molecule has 2 N–H and O–H groups in total. The first-order valence-electron chi connectivity index (χ1n) is 4.99. The van der Waals surface area contributed by atoms with Crippen molar-refractivity contribution in [2.24, 2.45) is 5.73 Å². The Bertz CT molecular complexity index is 340. The van der Waals surface area contributed by atoms with Crippen LogP contribution in [0.4, 0.5) is 5.95 Å². The van der Waals surface area contributed by atoms with Crippen LogP contribution in [0, 0.1) is 0 Å². The van der Waals surface area contributed by atoms with Crippen LogP contribution in [0.15, 0.2) is 12.3 Å². The van der Waals surface area contributed by atoms with Crippen LogP contribution in [0.1, 0.15) is 25.5 Å². The normalized spacial score (nSPS) is 10.0. The highest BCUT2D eigenvalue weighted by Crippen LogP contribution is 2.06. The molecule has 0 aliphatic carbocycles. The van der Waals surface area contributed by atoms with E-state index in [1.807, 2.05) is 11.9 Å². The molecule has 0 radical (unpaired) electrons. The van der Waals surface area contributed by atoms with Gasteiger partial charge in [-0.15, -0.1) is 0 Å². The van der Waals surface area contributed by atoms with E-state index in [1.165, 1.54) is 0 Å². The maximum absolute atomic E-state index is 5.51. The van der Waals surface area contributed by atoms with Crippen molar-refractivity contribution in [3.63, 3.8) is 0 Å². The SMILES string of the molecule is CCCCN(C)c1nccc(C(N)=S)n1. The summed E-state index contributed by atoms with van der Waals surface area (Å²) in [5.74, 6) is 0.675. The number of hydrogen-bond acceptors (Lipinski definition) is 4. The van der Waals surface area contributed by atoms with Gasteiger partial charge in [-0.05, 0) is 12.5 Å². The Morgan fingerprint density at radius 2 is 2.33 bits per heavy atom. The fourth-order valence-corrected chi connectivity index (χ4v) is 1.28. The van der Waals surface area contributed by atoms with Gasteiger partial charge in [-0.1, -0.05) is 25.6 Å². The third kappa shape index (κ3) is 3.43. The largest absolute Gasteiger partial charge is 0.388 e. The van der Waals surface area contributed by atoms with Gasteiger partial charge in [-0.3, -0.25) is 0 Å². The second kappa shape index (κ2) is 5.60. The second-order valence-corrected chi connectivity index (χ2v) is 3.82. The molecule has 1 aromatic rings. The zero-order chi connectivity index (χ0) is 11.3. The second-order valence-electron chi connectivity index (χ2n) is 3.38. The highest BCUT2D eigenvalue weighted by molar-refractivity contribution is 7.80. The van der Waals surface area contributed by atoms with Gasteiger partial charge in [0.1, 0.15) is 10.7 Å². The van der Waals surface area contributed by atoms with Crippen LogP contribution in [0.5, 0.6) is 0 Å². The summed E-state index contributed by atoms with van der Waals surface area (Å²) < 4.78 is 0. The van der Waals surface area contributed by atoms with Gasteiger partial charge in [0.2, 0.25) is 5.95 Å². The van der Waals surface area contributed by atoms with Gasteiger partial charge >= 0.3 is 0 Å². The number of rotatable bonds is 5. The summed E-state index contributed by atoms with van der Waals surface area (Å²) in [6, 6.07) is 1.72. The fraction of sp³-hybridized carbons (Fsp3) is 0.500. The quantitative estimate of drug-likeness (QED) is 0.765. The van der Waals surface area contributed by atoms with E-state index in [4.69, 9.17) is 18.0 Å². The summed E-state index contributed by atoms with van der Waals surface area (Å²) in [6.45, 7) is 3.09. The zero-order valence-corrected chi connectivity index (χ0v) is 9.92. The number of anilines is 1. The van der Waals surface area contributed by atoms with E-state index < -0.39 is 0 Å². The van der Waals surface area contributed by atoms with Gasteiger partial charge in [0.05, 0.1) is 0 Å². The van der Waals surface area contributed by atoms with Crippen molar-refractivity contribution < 1.29 is 0 Å². The molecule has 0 unspecified atom stereocenters. The third-order valence-electron chi connectivity index (χ3n) is 2.08. The molecular weight excluding hydrogens is 208 g/mol. The molecule has 0 fully saturated rings. The summed E-state index contributed by atoms with van der Waals surface area (Å²) in [4.78, 5) is 10.8. The molecule has 0 saturated carbocycles. The van der Waals surface area contributed by atoms with Gasteiger partial charge in [0, 0.05) is 19.8 Å². The summed E-state index contributed by atoms with van der Waals surface area (Å²) in [6.07, 6.45) is 3.95. The van der Waals surface area contributed by atoms with E-state index >= 15 is 0 Å². The molecule has 1 aromatic heterocycles. The number of nitrogens with two attached hydrogens (primary N) is 1. The first-order valence-corrected chi connectivity index (χ1v) is 5.40. The Balaban J connectivity index is 2.76. The molecule has 0 saturated heterocycles. The van der Waals surface area contributed by atoms with Crippen molar-refractivity contribution in [3.8, 4) is 0 Å². The van der Waals surface area contributed by atoms with Crippen LogP contribution >= 0.6 is 12.2 Å². The molecule has 15 heavy (non-hydrogen) atoms. The summed E-state index contributed by atoms with van der Waals surface area (Å²) in [7, 11) is 1.97. The van der Waals surface area contributed by atoms with Crippen molar-refractivity contribution in [1.82, 2.24) is 9.97 Å². The number of nitrogens with zero attached hydrogens (tertiary/aromatic N) is 3. The van der Waals surface area contributed by atoms with Crippen LogP contribution < -0.4 is 10.6 Å². The van der Waals surface area contributed by atoms with E-state index in [9.17, 15) is 0 Å². The molecule has 1 heterocycles. The molecule has 0 spiro atoms. The lowest BCUT2D eigenvalue weighted by Gasteiger charge is -2.16. The van der Waals surface area contributed by atoms with Crippen molar-refractivity contribution in [2.75, 3.05) is 18.5 Å². The molecule has 1 rings (SSSR count). The van der Waals surface area contributed by atoms with Crippen molar-refractivity contribution in [1.29, 1.82) is 0 Å². The van der Waals surface area contributed by atoms with Gasteiger partial charge in [-0.25, -0.2) is 9.97 Å². The topological polar surface area (TPSA) is 55.0 Å². The van der Waals surface area contributed by atoms with Crippen molar-refractivity contribution in [3.05, 3.63) is 18.0 Å². The van der Waals surface area contributed by atoms with Crippen LogP contribution in [0.3, 0.4) is 0 Å². The van der Waals surface area contributed by atoms with Crippen LogP contribution in [0.2, 0.25) is 0 Å². The average molecular weight is 224 g/mol. The van der Waals surface area contributed by atoms with Gasteiger partial charge < -0.3 is 10.6 Å². The molecule has 4 nitrogen and oxygen atoms in total. The number of thiocarbonyl (C=S) groups is 1. The molecule has 0 aromatic carbocycles. The van der Waals surface area contributed by atoms with E-state index in [1.54, 1.807) is 12.3 Å². The number of hydrogen-bond donors (Lipinski definition) is 1. The Labute approximate surface area is 95.5 Å². The zero-order valence-electron chi connectivity index (χ0n) is 9.10. The highest BCUT2D eigenvalue weighted by Gasteiger charge is 2.05. The van der Waals surface area contributed by atoms with E-state index in [-0.39, 0.29) is 0 Å². The van der Waals surface area contributed by atoms with Gasteiger partial charge in [-0.2, -0.15) is 0 Å². The maximum atomic E-state index is 5.51. The monoisotopic (exact) mass is 224 g/mol. The lowest BCUT2D eigenvalue weighted by atomic mass is 10.3. The highest BCUT2D eigenvalue weighted by atomic mass is 32.1. The molecule has 82 valence electrons. The molecule has 5 heteroatoms. The summed E-state index contributed by atoms with van der Waals surface area (Å²) in [5.41, 5.74) is 6.13. The van der Waals surface area contributed by atoms with Crippen LogP contribution in [-0.4, -0.2) is 28.5 Å². The maximum Gasteiger partial charge on any atom is 0.225 e. The Kier molecular flexibility index (Phi) is 4.42. The predicted octanol–water partition coefficient (Wildman–Crippen LogP) is 1.35. The van der Waals surface area contributed by atoms with E-state index in [2.05, 4.69) is 16.9 Å². The van der Waals surface area contributed by atoms with E-state index in [0.717, 1.165) is 19.4 Å². The summed E-state index contributed by atoms with van der Waals surface area (Å²) in [5, 5.41) is 0. The fourth-order valence-electron chi connectivity index (χ4n) is 1.16. The van der Waals surface area contributed by atoms with Crippen molar-refractivity contribution >= 4 is 23.2 Å². The Morgan fingerprint density at radius 1 is 1.60 bits per heavy atom. The molecule has 0 amide bonds. The third-order valence-corrected chi connectivity index (χ3v) is 2.29. The minimum absolute atomic E-state index is 0.308. The lowest BCUT2D eigenvalue weighted by Crippen LogP contribution is -2.22. The van der Waals surface area contributed by atoms with E-state index in [0.29, 0.717) is 16.6 Å². The lowest BCUT2D eigenvalue weighted by molar-refractivity contribution is 0.749. The first kappa shape index (κ1) is 11.8. The molecule has 0 aliphatic rings. The number of unbranched alkanes of at least 4 members (excludes halogenated alkanes) is 1. The Morgan fingerprint density at radius 3 is 2.93 bits per heavy atom. The van der Waals surface area contributed by atoms with Gasteiger partial charge in [0.25, 0.3) is 0 Å². The molecule has 0 aliphatic heterocycles. The average Bonchev–Trinajstić information content (AvgIpc) is 2.26. The van der Waals surface area contributed by atoms with Crippen LogP contribution in [-0.2, 0) is 0 Å². The van der Waals surface area contributed by atoms with Gasteiger partial charge in [0.15, 0.2) is 0 Å². The minimum Gasteiger partial charge on any atom is -0.388 e. The molecular formula is C10H16N4S. The predicted molar refractivity (Wildman–Crippen MR) is 66.1 cm³/mol.